The number of anilines is 1. The summed E-state index contributed by atoms with van der Waals surface area (Å²) in [6, 6.07) is 8.77. The maximum absolute atomic E-state index is 10.9. The van der Waals surface area contributed by atoms with E-state index in [1.807, 2.05) is 12.1 Å². The highest BCUT2D eigenvalue weighted by molar-refractivity contribution is 5.68. The highest BCUT2D eigenvalue weighted by Crippen LogP contribution is 2.39. The fraction of sp³-hybridized carbons (Fsp3) is 0.562. The number of para-hydroxylation sites is 1. The molecule has 3 nitrogen and oxygen atoms in total. The molecular formula is C16H23NO2. The largest absolute Gasteiger partial charge is 0.481 e. The molecule has 1 unspecified atom stereocenters. The van der Waals surface area contributed by atoms with Crippen molar-refractivity contribution >= 4 is 11.7 Å². The molecule has 0 bridgehead atoms. The minimum Gasteiger partial charge on any atom is -0.481 e. The Kier molecular flexibility index (Phi) is 4.46. The summed E-state index contributed by atoms with van der Waals surface area (Å²) >= 11 is 0. The van der Waals surface area contributed by atoms with Gasteiger partial charge in [0.15, 0.2) is 0 Å². The Morgan fingerprint density at radius 1 is 1.42 bits per heavy atom. The van der Waals surface area contributed by atoms with E-state index in [4.69, 9.17) is 5.11 Å². The minimum absolute atomic E-state index is 0.206. The van der Waals surface area contributed by atoms with Crippen molar-refractivity contribution in [3.8, 4) is 0 Å². The zero-order chi connectivity index (χ0) is 13.8. The van der Waals surface area contributed by atoms with E-state index in [9.17, 15) is 4.79 Å². The van der Waals surface area contributed by atoms with E-state index in [0.29, 0.717) is 12.6 Å². The number of hydrogen-bond donors (Lipinski definition) is 1. The average Bonchev–Trinajstić information content (AvgIpc) is 3.19. The Balaban J connectivity index is 2.22. The molecule has 1 atom stereocenters. The quantitative estimate of drug-likeness (QED) is 0.817. The van der Waals surface area contributed by atoms with Crippen LogP contribution in [0.2, 0.25) is 0 Å². The SMILES string of the molecule is CCC(C1CC1)N(CCC(=O)O)c1ccccc1C. The second kappa shape index (κ2) is 6.09. The molecule has 0 radical (unpaired) electrons. The molecule has 1 saturated carbocycles. The van der Waals surface area contributed by atoms with Crippen LogP contribution in [0.25, 0.3) is 0 Å². The fourth-order valence-corrected chi connectivity index (χ4v) is 2.86. The maximum atomic E-state index is 10.9. The van der Waals surface area contributed by atoms with E-state index >= 15 is 0 Å². The standard InChI is InChI=1S/C16H23NO2/c1-3-14(13-8-9-13)17(11-10-16(18)19)15-7-5-4-6-12(15)2/h4-7,13-14H,3,8-11H2,1-2H3,(H,18,19). The molecule has 0 aliphatic heterocycles. The fourth-order valence-electron chi connectivity index (χ4n) is 2.86. The highest BCUT2D eigenvalue weighted by atomic mass is 16.4. The summed E-state index contributed by atoms with van der Waals surface area (Å²) in [5.74, 6) is 0.0302. The second-order valence-corrected chi connectivity index (χ2v) is 5.44. The van der Waals surface area contributed by atoms with Gasteiger partial charge in [-0.2, -0.15) is 0 Å². The first-order valence-corrected chi connectivity index (χ1v) is 7.17. The molecule has 1 aliphatic carbocycles. The molecule has 2 rings (SSSR count). The maximum Gasteiger partial charge on any atom is 0.305 e. The first-order valence-electron chi connectivity index (χ1n) is 7.17. The first kappa shape index (κ1) is 13.9. The normalized spacial score (nSPS) is 16.1. The van der Waals surface area contributed by atoms with E-state index < -0.39 is 5.97 Å². The summed E-state index contributed by atoms with van der Waals surface area (Å²) in [6.07, 6.45) is 3.86. The lowest BCUT2D eigenvalue weighted by Gasteiger charge is -2.34. The number of benzene rings is 1. The van der Waals surface area contributed by atoms with Gasteiger partial charge in [0.2, 0.25) is 0 Å². The second-order valence-electron chi connectivity index (χ2n) is 5.44. The van der Waals surface area contributed by atoms with Crippen LogP contribution in [-0.4, -0.2) is 23.7 Å². The number of rotatable bonds is 7. The Bertz CT molecular complexity index is 440. The molecule has 1 aromatic rings. The summed E-state index contributed by atoms with van der Waals surface area (Å²) in [5.41, 5.74) is 2.43. The van der Waals surface area contributed by atoms with Crippen LogP contribution in [0.4, 0.5) is 5.69 Å². The third-order valence-corrected chi connectivity index (χ3v) is 3.98. The summed E-state index contributed by atoms with van der Waals surface area (Å²) in [7, 11) is 0. The van der Waals surface area contributed by atoms with E-state index in [1.54, 1.807) is 0 Å². The van der Waals surface area contributed by atoms with E-state index in [0.717, 1.165) is 12.3 Å². The van der Waals surface area contributed by atoms with Crippen molar-refractivity contribution in [1.82, 2.24) is 0 Å². The molecule has 0 aromatic heterocycles. The van der Waals surface area contributed by atoms with Crippen molar-refractivity contribution in [1.29, 1.82) is 0 Å². The molecule has 0 saturated heterocycles. The topological polar surface area (TPSA) is 40.5 Å². The van der Waals surface area contributed by atoms with Gasteiger partial charge in [0.05, 0.1) is 6.42 Å². The van der Waals surface area contributed by atoms with Crippen molar-refractivity contribution in [2.45, 2.75) is 45.6 Å². The van der Waals surface area contributed by atoms with Crippen LogP contribution < -0.4 is 4.90 Å². The molecule has 0 amide bonds. The van der Waals surface area contributed by atoms with Crippen LogP contribution in [0.5, 0.6) is 0 Å². The highest BCUT2D eigenvalue weighted by Gasteiger charge is 2.34. The number of carboxylic acids is 1. The van der Waals surface area contributed by atoms with Gasteiger partial charge in [-0.05, 0) is 43.7 Å². The smallest absolute Gasteiger partial charge is 0.305 e. The molecule has 0 spiro atoms. The first-order chi connectivity index (χ1) is 9.13. The van der Waals surface area contributed by atoms with Gasteiger partial charge in [-0.25, -0.2) is 0 Å². The zero-order valence-corrected chi connectivity index (χ0v) is 11.8. The van der Waals surface area contributed by atoms with E-state index in [2.05, 4.69) is 30.9 Å². The monoisotopic (exact) mass is 261 g/mol. The number of aliphatic carboxylic acids is 1. The molecule has 1 fully saturated rings. The predicted molar refractivity (Wildman–Crippen MR) is 77.6 cm³/mol. The number of aryl methyl sites for hydroxylation is 1. The van der Waals surface area contributed by atoms with Gasteiger partial charge in [0, 0.05) is 18.3 Å². The molecule has 1 aromatic carbocycles. The van der Waals surface area contributed by atoms with Crippen LogP contribution >= 0.6 is 0 Å². The van der Waals surface area contributed by atoms with Crippen LogP contribution in [0, 0.1) is 12.8 Å². The van der Waals surface area contributed by atoms with Gasteiger partial charge in [-0.1, -0.05) is 25.1 Å². The van der Waals surface area contributed by atoms with Crippen LogP contribution in [0.3, 0.4) is 0 Å². The molecule has 104 valence electrons. The molecule has 1 aliphatic rings. The predicted octanol–water partition coefficient (Wildman–Crippen LogP) is 3.46. The van der Waals surface area contributed by atoms with Crippen molar-refractivity contribution in [3.05, 3.63) is 29.8 Å². The number of carbonyl (C=O) groups is 1. The Morgan fingerprint density at radius 3 is 2.63 bits per heavy atom. The lowest BCUT2D eigenvalue weighted by Crippen LogP contribution is -2.38. The molecule has 0 heterocycles. The number of hydrogen-bond acceptors (Lipinski definition) is 2. The summed E-state index contributed by atoms with van der Waals surface area (Å²) in [6.45, 7) is 4.91. The third-order valence-electron chi connectivity index (χ3n) is 3.98. The van der Waals surface area contributed by atoms with Crippen LogP contribution in [-0.2, 0) is 4.79 Å². The third kappa shape index (κ3) is 3.49. The van der Waals surface area contributed by atoms with Crippen molar-refractivity contribution in [2.75, 3.05) is 11.4 Å². The molecule has 3 heteroatoms. The molecule has 1 N–H and O–H groups in total. The number of nitrogens with zero attached hydrogens (tertiary/aromatic N) is 1. The Labute approximate surface area is 115 Å². The Hall–Kier alpha value is -1.51. The van der Waals surface area contributed by atoms with Gasteiger partial charge >= 0.3 is 5.97 Å². The van der Waals surface area contributed by atoms with Gasteiger partial charge in [-0.3, -0.25) is 4.79 Å². The van der Waals surface area contributed by atoms with Crippen LogP contribution in [0.15, 0.2) is 24.3 Å². The Morgan fingerprint density at radius 2 is 2.11 bits per heavy atom. The van der Waals surface area contributed by atoms with Crippen molar-refractivity contribution in [2.24, 2.45) is 5.92 Å². The van der Waals surface area contributed by atoms with Crippen molar-refractivity contribution in [3.63, 3.8) is 0 Å². The average molecular weight is 261 g/mol. The summed E-state index contributed by atoms with van der Waals surface area (Å²) in [4.78, 5) is 13.2. The van der Waals surface area contributed by atoms with Gasteiger partial charge in [-0.15, -0.1) is 0 Å². The van der Waals surface area contributed by atoms with Gasteiger partial charge in [0.25, 0.3) is 0 Å². The van der Waals surface area contributed by atoms with Crippen LogP contribution in [0.1, 0.15) is 38.2 Å². The lowest BCUT2D eigenvalue weighted by molar-refractivity contribution is -0.136. The minimum atomic E-state index is -0.718. The van der Waals surface area contributed by atoms with Gasteiger partial charge < -0.3 is 10.0 Å². The van der Waals surface area contributed by atoms with Crippen molar-refractivity contribution < 1.29 is 9.90 Å². The van der Waals surface area contributed by atoms with E-state index in [-0.39, 0.29) is 6.42 Å². The van der Waals surface area contributed by atoms with E-state index in [1.165, 1.54) is 24.1 Å². The summed E-state index contributed by atoms with van der Waals surface area (Å²) < 4.78 is 0. The lowest BCUT2D eigenvalue weighted by atomic mass is 10.0. The molecular weight excluding hydrogens is 238 g/mol. The zero-order valence-electron chi connectivity index (χ0n) is 11.8. The number of carboxylic acid groups (broad SMARTS) is 1. The molecule has 19 heavy (non-hydrogen) atoms. The van der Waals surface area contributed by atoms with Gasteiger partial charge in [0.1, 0.15) is 0 Å². The summed E-state index contributed by atoms with van der Waals surface area (Å²) in [5, 5.41) is 8.96.